The topological polar surface area (TPSA) is 90.9 Å². The molecule has 2 aromatic heterocycles. The van der Waals surface area contributed by atoms with E-state index < -0.39 is 0 Å². The van der Waals surface area contributed by atoms with Gasteiger partial charge in [0.25, 0.3) is 0 Å². The summed E-state index contributed by atoms with van der Waals surface area (Å²) in [4.78, 5) is 4.27. The zero-order chi connectivity index (χ0) is 13.9. The highest BCUT2D eigenvalue weighted by Crippen LogP contribution is 2.20. The van der Waals surface area contributed by atoms with Crippen LogP contribution in [-0.2, 0) is 0 Å². The normalized spacial score (nSPS) is 10.2. The van der Waals surface area contributed by atoms with E-state index in [4.69, 9.17) is 5.26 Å². The van der Waals surface area contributed by atoms with Gasteiger partial charge in [-0.3, -0.25) is 4.40 Å². The third-order valence-corrected chi connectivity index (χ3v) is 2.83. The smallest absolute Gasteiger partial charge is 0.228 e. The second-order valence-electron chi connectivity index (χ2n) is 4.06. The molecule has 0 bridgehead atoms. The number of nitrogens with one attached hydrogen (secondary N) is 2. The highest BCUT2D eigenvalue weighted by Gasteiger charge is 2.09. The molecule has 20 heavy (non-hydrogen) atoms. The van der Waals surface area contributed by atoms with Crippen molar-refractivity contribution in [2.75, 3.05) is 17.7 Å². The summed E-state index contributed by atoms with van der Waals surface area (Å²) >= 11 is 0. The molecule has 0 aliphatic heterocycles. The molecule has 0 aliphatic carbocycles. The fourth-order valence-electron chi connectivity index (χ4n) is 1.85. The molecule has 98 valence electrons. The van der Waals surface area contributed by atoms with Gasteiger partial charge in [0.15, 0.2) is 5.82 Å². The molecule has 2 heterocycles. The first-order chi connectivity index (χ1) is 9.81. The van der Waals surface area contributed by atoms with Gasteiger partial charge in [-0.05, 0) is 24.3 Å². The van der Waals surface area contributed by atoms with Gasteiger partial charge in [-0.1, -0.05) is 0 Å². The molecule has 0 saturated carbocycles. The predicted octanol–water partition coefficient (Wildman–Crippen LogP) is 1.78. The lowest BCUT2D eigenvalue weighted by Crippen LogP contribution is -2.00. The molecule has 3 aromatic rings. The molecule has 3 rings (SSSR count). The zero-order valence-electron chi connectivity index (χ0n) is 10.7. The van der Waals surface area contributed by atoms with E-state index >= 15 is 0 Å². The van der Waals surface area contributed by atoms with Crippen molar-refractivity contribution in [1.82, 2.24) is 19.6 Å². The number of anilines is 3. The Morgan fingerprint density at radius 1 is 1.20 bits per heavy atom. The molecule has 0 radical (unpaired) electrons. The van der Waals surface area contributed by atoms with Crippen LogP contribution in [0.1, 0.15) is 5.56 Å². The molecular formula is C13H11N7. The highest BCUT2D eigenvalue weighted by atomic mass is 15.3. The quantitative estimate of drug-likeness (QED) is 0.750. The molecule has 0 aliphatic rings. The van der Waals surface area contributed by atoms with E-state index in [1.165, 1.54) is 0 Å². The number of fused-ring (bicyclic) bond motifs is 1. The number of rotatable bonds is 3. The fourth-order valence-corrected chi connectivity index (χ4v) is 1.85. The summed E-state index contributed by atoms with van der Waals surface area (Å²) in [6.07, 6.45) is 3.45. The first kappa shape index (κ1) is 11.9. The Hall–Kier alpha value is -3.14. The summed E-state index contributed by atoms with van der Waals surface area (Å²) in [6, 6.07) is 9.20. The molecular weight excluding hydrogens is 254 g/mol. The largest absolute Gasteiger partial charge is 0.357 e. The van der Waals surface area contributed by atoms with E-state index in [2.05, 4.69) is 31.9 Å². The first-order valence-electron chi connectivity index (χ1n) is 5.96. The van der Waals surface area contributed by atoms with E-state index in [1.807, 2.05) is 12.1 Å². The van der Waals surface area contributed by atoms with Crippen LogP contribution in [0.15, 0.2) is 36.7 Å². The van der Waals surface area contributed by atoms with Crippen molar-refractivity contribution < 1.29 is 0 Å². The van der Waals surface area contributed by atoms with Crippen LogP contribution in [0.4, 0.5) is 17.5 Å². The minimum Gasteiger partial charge on any atom is -0.357 e. The van der Waals surface area contributed by atoms with Gasteiger partial charge in [0.2, 0.25) is 11.6 Å². The lowest BCUT2D eigenvalue weighted by molar-refractivity contribution is 1.09. The summed E-state index contributed by atoms with van der Waals surface area (Å²) in [5.41, 5.74) is 2.07. The Labute approximate surface area is 114 Å². The predicted molar refractivity (Wildman–Crippen MR) is 74.8 cm³/mol. The van der Waals surface area contributed by atoms with Crippen LogP contribution in [0.2, 0.25) is 0 Å². The standard InChI is InChI=1S/C13H11N7/c1-15-13-19-18-12-11(16-6-7-20(12)13)17-10-4-2-9(8-14)3-5-10/h2-7H,1H3,(H,15,19)(H,16,17). The number of nitriles is 1. The van der Waals surface area contributed by atoms with Crippen LogP contribution in [0, 0.1) is 11.3 Å². The lowest BCUT2D eigenvalue weighted by Gasteiger charge is -2.06. The maximum Gasteiger partial charge on any atom is 0.228 e. The molecule has 0 saturated heterocycles. The van der Waals surface area contributed by atoms with Gasteiger partial charge in [0, 0.05) is 25.1 Å². The number of hydrogen-bond donors (Lipinski definition) is 2. The maximum absolute atomic E-state index is 8.78. The summed E-state index contributed by atoms with van der Waals surface area (Å²) in [5.74, 6) is 1.25. The number of nitrogens with zero attached hydrogens (tertiary/aromatic N) is 5. The molecule has 7 heteroatoms. The minimum absolute atomic E-state index is 0.603. The van der Waals surface area contributed by atoms with Crippen LogP contribution >= 0.6 is 0 Å². The van der Waals surface area contributed by atoms with Crippen LogP contribution in [0.3, 0.4) is 0 Å². The summed E-state index contributed by atoms with van der Waals surface area (Å²) in [5, 5.41) is 23.0. The van der Waals surface area contributed by atoms with E-state index in [0.717, 1.165) is 5.69 Å². The van der Waals surface area contributed by atoms with Crippen molar-refractivity contribution in [3.63, 3.8) is 0 Å². The van der Waals surface area contributed by atoms with E-state index in [0.29, 0.717) is 23.0 Å². The average molecular weight is 265 g/mol. The molecule has 0 fully saturated rings. The van der Waals surface area contributed by atoms with Gasteiger partial charge < -0.3 is 10.6 Å². The molecule has 7 nitrogen and oxygen atoms in total. The molecule has 0 spiro atoms. The van der Waals surface area contributed by atoms with E-state index in [9.17, 15) is 0 Å². The van der Waals surface area contributed by atoms with Crippen LogP contribution in [-0.4, -0.2) is 26.6 Å². The summed E-state index contributed by atoms with van der Waals surface area (Å²) < 4.78 is 1.80. The van der Waals surface area contributed by atoms with Gasteiger partial charge in [0.1, 0.15) is 0 Å². The highest BCUT2D eigenvalue weighted by molar-refractivity contribution is 5.70. The average Bonchev–Trinajstić information content (AvgIpc) is 2.92. The summed E-state index contributed by atoms with van der Waals surface area (Å²) in [7, 11) is 1.78. The van der Waals surface area contributed by atoms with Gasteiger partial charge >= 0.3 is 0 Å². The Morgan fingerprint density at radius 2 is 2.00 bits per heavy atom. The van der Waals surface area contributed by atoms with Gasteiger partial charge in [-0.25, -0.2) is 4.98 Å². The number of aromatic nitrogens is 4. The number of hydrogen-bond acceptors (Lipinski definition) is 6. The van der Waals surface area contributed by atoms with Gasteiger partial charge in [0.05, 0.1) is 11.6 Å². The van der Waals surface area contributed by atoms with Gasteiger partial charge in [-0.15, -0.1) is 10.2 Å². The SMILES string of the molecule is CNc1nnc2c(Nc3ccc(C#N)cc3)nccn12. The van der Waals surface area contributed by atoms with Crippen molar-refractivity contribution in [3.8, 4) is 6.07 Å². The van der Waals surface area contributed by atoms with E-state index in [1.54, 1.807) is 36.0 Å². The Morgan fingerprint density at radius 3 is 2.70 bits per heavy atom. The maximum atomic E-state index is 8.78. The van der Waals surface area contributed by atoms with Crippen molar-refractivity contribution in [2.24, 2.45) is 0 Å². The monoisotopic (exact) mass is 265 g/mol. The molecule has 2 N–H and O–H groups in total. The van der Waals surface area contributed by atoms with E-state index in [-0.39, 0.29) is 0 Å². The van der Waals surface area contributed by atoms with Gasteiger partial charge in [-0.2, -0.15) is 5.26 Å². The molecule has 0 amide bonds. The molecule has 0 atom stereocenters. The molecule has 0 unspecified atom stereocenters. The Kier molecular flexibility index (Phi) is 2.89. The van der Waals surface area contributed by atoms with Crippen LogP contribution in [0.25, 0.3) is 5.65 Å². The van der Waals surface area contributed by atoms with Crippen molar-refractivity contribution in [2.45, 2.75) is 0 Å². The second-order valence-corrected chi connectivity index (χ2v) is 4.06. The number of benzene rings is 1. The van der Waals surface area contributed by atoms with Crippen molar-refractivity contribution >= 4 is 23.1 Å². The van der Waals surface area contributed by atoms with Crippen LogP contribution < -0.4 is 10.6 Å². The second kappa shape index (κ2) is 4.85. The minimum atomic E-state index is 0.603. The Bertz CT molecular complexity index is 783. The van der Waals surface area contributed by atoms with Crippen molar-refractivity contribution in [3.05, 3.63) is 42.2 Å². The summed E-state index contributed by atoms with van der Waals surface area (Å²) in [6.45, 7) is 0. The lowest BCUT2D eigenvalue weighted by atomic mass is 10.2. The third kappa shape index (κ3) is 1.99. The molecule has 1 aromatic carbocycles. The third-order valence-electron chi connectivity index (χ3n) is 2.83. The van der Waals surface area contributed by atoms with Crippen molar-refractivity contribution in [1.29, 1.82) is 5.26 Å². The van der Waals surface area contributed by atoms with Crippen LogP contribution in [0.5, 0.6) is 0 Å². The fraction of sp³-hybridized carbons (Fsp3) is 0.0769. The Balaban J connectivity index is 1.98. The zero-order valence-corrected chi connectivity index (χ0v) is 10.7. The first-order valence-corrected chi connectivity index (χ1v) is 5.96.